The molecule has 0 bridgehead atoms. The molecule has 0 fully saturated rings. The van der Waals surface area contributed by atoms with E-state index in [1.807, 2.05) is 32.9 Å². The number of amides is 1. The SMILES string of the molecule is CCC(CC(N)=NO)NC(=O)c1cccc(C)c1C. The van der Waals surface area contributed by atoms with Gasteiger partial charge in [0.15, 0.2) is 0 Å². The number of hydrogen-bond acceptors (Lipinski definition) is 3. The molecule has 0 aliphatic heterocycles. The molecular formula is C14H21N3O2. The highest BCUT2D eigenvalue weighted by Gasteiger charge is 2.15. The minimum Gasteiger partial charge on any atom is -0.409 e. The van der Waals surface area contributed by atoms with Crippen molar-refractivity contribution < 1.29 is 10.0 Å². The van der Waals surface area contributed by atoms with E-state index in [-0.39, 0.29) is 17.8 Å². The second-order valence-electron chi connectivity index (χ2n) is 4.62. The largest absolute Gasteiger partial charge is 0.409 e. The molecule has 0 saturated carbocycles. The van der Waals surface area contributed by atoms with Gasteiger partial charge in [-0.25, -0.2) is 0 Å². The fraction of sp³-hybridized carbons (Fsp3) is 0.429. The molecular weight excluding hydrogens is 242 g/mol. The number of amidine groups is 1. The zero-order valence-electron chi connectivity index (χ0n) is 11.6. The zero-order chi connectivity index (χ0) is 14.4. The number of nitrogens with two attached hydrogens (primary N) is 1. The highest BCUT2D eigenvalue weighted by atomic mass is 16.4. The van der Waals surface area contributed by atoms with Crippen LogP contribution in [0.1, 0.15) is 41.3 Å². The van der Waals surface area contributed by atoms with Gasteiger partial charge in [0.1, 0.15) is 5.84 Å². The molecule has 1 amide bonds. The van der Waals surface area contributed by atoms with Crippen LogP contribution in [0.15, 0.2) is 23.4 Å². The summed E-state index contributed by atoms with van der Waals surface area (Å²) < 4.78 is 0. The fourth-order valence-corrected chi connectivity index (χ4v) is 1.85. The third-order valence-electron chi connectivity index (χ3n) is 3.26. The summed E-state index contributed by atoms with van der Waals surface area (Å²) in [5.74, 6) is -0.00750. The average Bonchev–Trinajstić information content (AvgIpc) is 2.40. The van der Waals surface area contributed by atoms with E-state index in [9.17, 15) is 4.79 Å². The van der Waals surface area contributed by atoms with Crippen molar-refractivity contribution in [2.75, 3.05) is 0 Å². The number of aryl methyl sites for hydroxylation is 1. The van der Waals surface area contributed by atoms with Gasteiger partial charge >= 0.3 is 0 Å². The molecule has 0 aliphatic rings. The summed E-state index contributed by atoms with van der Waals surface area (Å²) in [7, 11) is 0. The van der Waals surface area contributed by atoms with Gasteiger partial charge in [0.2, 0.25) is 0 Å². The van der Waals surface area contributed by atoms with Gasteiger partial charge in [0.25, 0.3) is 5.91 Å². The summed E-state index contributed by atoms with van der Waals surface area (Å²) in [6, 6.07) is 5.50. The van der Waals surface area contributed by atoms with E-state index in [4.69, 9.17) is 10.9 Å². The number of carbonyl (C=O) groups is 1. The van der Waals surface area contributed by atoms with Crippen molar-refractivity contribution in [2.24, 2.45) is 10.9 Å². The first-order valence-corrected chi connectivity index (χ1v) is 6.33. The zero-order valence-corrected chi connectivity index (χ0v) is 11.6. The molecule has 4 N–H and O–H groups in total. The van der Waals surface area contributed by atoms with Crippen molar-refractivity contribution in [1.82, 2.24) is 5.32 Å². The van der Waals surface area contributed by atoms with E-state index in [0.29, 0.717) is 18.4 Å². The lowest BCUT2D eigenvalue weighted by Crippen LogP contribution is -2.37. The Kier molecular flexibility index (Phi) is 5.36. The molecule has 0 aromatic heterocycles. The first-order valence-electron chi connectivity index (χ1n) is 6.33. The maximum Gasteiger partial charge on any atom is 0.251 e. The maximum atomic E-state index is 12.2. The number of oxime groups is 1. The summed E-state index contributed by atoms with van der Waals surface area (Å²) in [5, 5.41) is 14.4. The van der Waals surface area contributed by atoms with Gasteiger partial charge in [-0.2, -0.15) is 0 Å². The number of nitrogens with zero attached hydrogens (tertiary/aromatic N) is 1. The molecule has 0 aliphatic carbocycles. The Hall–Kier alpha value is -2.04. The lowest BCUT2D eigenvalue weighted by atomic mass is 10.0. The third-order valence-corrected chi connectivity index (χ3v) is 3.26. The second kappa shape index (κ2) is 6.78. The van der Waals surface area contributed by atoms with Crippen LogP contribution in [0.2, 0.25) is 0 Å². The molecule has 0 radical (unpaired) electrons. The molecule has 5 heteroatoms. The Morgan fingerprint density at radius 1 is 1.47 bits per heavy atom. The van der Waals surface area contributed by atoms with Crippen molar-refractivity contribution in [3.63, 3.8) is 0 Å². The Balaban J connectivity index is 2.80. The maximum absolute atomic E-state index is 12.2. The molecule has 1 rings (SSSR count). The predicted octanol–water partition coefficient (Wildman–Crippen LogP) is 1.95. The van der Waals surface area contributed by atoms with Crippen LogP contribution in [0.4, 0.5) is 0 Å². The van der Waals surface area contributed by atoms with Gasteiger partial charge < -0.3 is 16.3 Å². The monoisotopic (exact) mass is 263 g/mol. The number of hydrogen-bond donors (Lipinski definition) is 3. The molecule has 104 valence electrons. The Bertz CT molecular complexity index is 484. The van der Waals surface area contributed by atoms with Crippen LogP contribution in [0.3, 0.4) is 0 Å². The van der Waals surface area contributed by atoms with Crippen LogP contribution in [0, 0.1) is 13.8 Å². The Labute approximate surface area is 113 Å². The van der Waals surface area contributed by atoms with E-state index in [1.165, 1.54) is 0 Å². The van der Waals surface area contributed by atoms with Crippen molar-refractivity contribution in [2.45, 2.75) is 39.7 Å². The van der Waals surface area contributed by atoms with Crippen molar-refractivity contribution >= 4 is 11.7 Å². The second-order valence-corrected chi connectivity index (χ2v) is 4.62. The Morgan fingerprint density at radius 3 is 2.74 bits per heavy atom. The van der Waals surface area contributed by atoms with Crippen LogP contribution < -0.4 is 11.1 Å². The summed E-state index contributed by atoms with van der Waals surface area (Å²) >= 11 is 0. The van der Waals surface area contributed by atoms with Crippen molar-refractivity contribution in [1.29, 1.82) is 0 Å². The molecule has 1 unspecified atom stereocenters. The van der Waals surface area contributed by atoms with E-state index >= 15 is 0 Å². The summed E-state index contributed by atoms with van der Waals surface area (Å²) in [4.78, 5) is 12.2. The average molecular weight is 263 g/mol. The summed E-state index contributed by atoms with van der Waals surface area (Å²) in [6.45, 7) is 5.84. The van der Waals surface area contributed by atoms with E-state index in [0.717, 1.165) is 11.1 Å². The van der Waals surface area contributed by atoms with Crippen LogP contribution in [-0.4, -0.2) is 23.0 Å². The van der Waals surface area contributed by atoms with Crippen LogP contribution >= 0.6 is 0 Å². The number of nitrogens with one attached hydrogen (secondary N) is 1. The first-order chi connectivity index (χ1) is 8.99. The van der Waals surface area contributed by atoms with E-state index < -0.39 is 0 Å². The predicted molar refractivity (Wildman–Crippen MR) is 75.5 cm³/mol. The van der Waals surface area contributed by atoms with E-state index in [1.54, 1.807) is 6.07 Å². The molecule has 0 saturated heterocycles. The van der Waals surface area contributed by atoms with Gasteiger partial charge in [-0.1, -0.05) is 24.2 Å². The van der Waals surface area contributed by atoms with Crippen LogP contribution in [-0.2, 0) is 0 Å². The van der Waals surface area contributed by atoms with Gasteiger partial charge in [0, 0.05) is 18.0 Å². The van der Waals surface area contributed by atoms with Crippen molar-refractivity contribution in [3.05, 3.63) is 34.9 Å². The smallest absolute Gasteiger partial charge is 0.251 e. The molecule has 5 nitrogen and oxygen atoms in total. The minimum atomic E-state index is -0.136. The van der Waals surface area contributed by atoms with Crippen molar-refractivity contribution in [3.8, 4) is 0 Å². The fourth-order valence-electron chi connectivity index (χ4n) is 1.85. The van der Waals surface area contributed by atoms with Gasteiger partial charge in [0.05, 0.1) is 0 Å². The third kappa shape index (κ3) is 3.98. The molecule has 19 heavy (non-hydrogen) atoms. The minimum absolute atomic E-state index is 0.119. The highest BCUT2D eigenvalue weighted by molar-refractivity contribution is 5.96. The Morgan fingerprint density at radius 2 is 2.16 bits per heavy atom. The standard InChI is InChI=1S/C14H21N3O2/c1-4-11(8-13(15)17-19)16-14(18)12-7-5-6-9(2)10(12)3/h5-7,11,19H,4,8H2,1-3H3,(H2,15,17)(H,16,18). The summed E-state index contributed by atoms with van der Waals surface area (Å²) in [6.07, 6.45) is 1.05. The number of rotatable bonds is 5. The highest BCUT2D eigenvalue weighted by Crippen LogP contribution is 2.13. The summed E-state index contributed by atoms with van der Waals surface area (Å²) in [5.41, 5.74) is 8.18. The van der Waals surface area contributed by atoms with Crippen LogP contribution in [0.25, 0.3) is 0 Å². The normalized spacial score (nSPS) is 13.1. The lowest BCUT2D eigenvalue weighted by Gasteiger charge is -2.17. The molecule has 0 heterocycles. The molecule has 0 spiro atoms. The van der Waals surface area contributed by atoms with Gasteiger partial charge in [-0.05, 0) is 37.5 Å². The quantitative estimate of drug-likeness (QED) is 0.328. The number of benzene rings is 1. The van der Waals surface area contributed by atoms with E-state index in [2.05, 4.69) is 10.5 Å². The number of carbonyl (C=O) groups excluding carboxylic acids is 1. The topological polar surface area (TPSA) is 87.7 Å². The van der Waals surface area contributed by atoms with Crippen LogP contribution in [0.5, 0.6) is 0 Å². The molecule has 1 atom stereocenters. The molecule has 1 aromatic rings. The first kappa shape index (κ1) is 15.0. The lowest BCUT2D eigenvalue weighted by molar-refractivity contribution is 0.0936. The molecule has 1 aromatic carbocycles. The van der Waals surface area contributed by atoms with Gasteiger partial charge in [-0.3, -0.25) is 4.79 Å². The van der Waals surface area contributed by atoms with Gasteiger partial charge in [-0.15, -0.1) is 0 Å².